The number of nitrogens with zero attached hydrogens (tertiary/aromatic N) is 5. The van der Waals surface area contributed by atoms with Gasteiger partial charge in [-0.2, -0.15) is 5.10 Å². The minimum atomic E-state index is -0.128. The topological polar surface area (TPSA) is 71.3 Å². The predicted molar refractivity (Wildman–Crippen MR) is 169 cm³/mol. The molecule has 8 nitrogen and oxygen atoms in total. The first-order valence-electron chi connectivity index (χ1n) is 14.6. The predicted octanol–water partition coefficient (Wildman–Crippen LogP) is 5.18. The zero-order chi connectivity index (χ0) is 29.0. The number of pyridine rings is 1. The number of likely N-dealkylation sites (N-methyl/N-ethyl adjacent to an activating group) is 1. The van der Waals surface area contributed by atoms with E-state index in [1.54, 1.807) is 6.20 Å². The number of hydrogen-bond acceptors (Lipinski definition) is 5. The Kier molecular flexibility index (Phi) is 6.60. The third-order valence-electron chi connectivity index (χ3n) is 8.96. The van der Waals surface area contributed by atoms with E-state index in [1.807, 2.05) is 33.8 Å². The minimum Gasteiger partial charge on any atom is -0.377 e. The van der Waals surface area contributed by atoms with Gasteiger partial charge in [0, 0.05) is 72.5 Å². The molecule has 2 aliphatic heterocycles. The van der Waals surface area contributed by atoms with E-state index in [2.05, 4.69) is 78.8 Å². The highest BCUT2D eigenvalue weighted by molar-refractivity contribution is 5.93. The van der Waals surface area contributed by atoms with Crippen LogP contribution >= 0.6 is 0 Å². The first kappa shape index (κ1) is 26.5. The molecule has 0 atom stereocenters. The largest absolute Gasteiger partial charge is 0.377 e. The normalized spacial score (nSPS) is 16.2. The van der Waals surface area contributed by atoms with Crippen LogP contribution in [0.15, 0.2) is 78.6 Å². The second-order valence-electron chi connectivity index (χ2n) is 11.6. The number of fused-ring (bicyclic) bond motifs is 1. The molecule has 0 amide bonds. The highest BCUT2D eigenvalue weighted by atomic mass is 16.5. The zero-order valence-electron chi connectivity index (χ0n) is 24.4. The standard InChI is InChI=1S/C34H36N6O2/c1-22-17-30(24(3)25-5-7-28(8-6-25)38-15-13-37(4)14-16-38)33(39-12-10-26-9-11-35-34(41)32(26)39)31(23(22)2)27-18-36-40(19-27)29-20-42-21-29/h5-12,17-19,29H,3,13-16,20-21H2,1-2,4H3,(H,35,41). The molecule has 8 heteroatoms. The highest BCUT2D eigenvalue weighted by Gasteiger charge is 2.25. The van der Waals surface area contributed by atoms with Crippen molar-refractivity contribution in [1.29, 1.82) is 0 Å². The monoisotopic (exact) mass is 560 g/mol. The Labute approximate surface area is 245 Å². The van der Waals surface area contributed by atoms with Gasteiger partial charge >= 0.3 is 0 Å². The number of aryl methyl sites for hydroxylation is 1. The zero-order valence-corrected chi connectivity index (χ0v) is 24.4. The summed E-state index contributed by atoms with van der Waals surface area (Å²) in [5, 5.41) is 5.60. The molecule has 2 aromatic carbocycles. The number of hydrogen-bond donors (Lipinski definition) is 1. The van der Waals surface area contributed by atoms with Gasteiger partial charge in [-0.05, 0) is 73.5 Å². The molecular weight excluding hydrogens is 524 g/mol. The second kappa shape index (κ2) is 10.5. The molecular formula is C34H36N6O2. The van der Waals surface area contributed by atoms with Gasteiger partial charge in [0.1, 0.15) is 5.52 Å². The van der Waals surface area contributed by atoms with Crippen molar-refractivity contribution in [2.75, 3.05) is 51.3 Å². The summed E-state index contributed by atoms with van der Waals surface area (Å²) < 4.78 is 9.45. The van der Waals surface area contributed by atoms with Crippen LogP contribution in [0.5, 0.6) is 0 Å². The molecule has 0 spiro atoms. The summed E-state index contributed by atoms with van der Waals surface area (Å²) in [4.78, 5) is 20.9. The summed E-state index contributed by atoms with van der Waals surface area (Å²) in [7, 11) is 2.17. The number of anilines is 1. The summed E-state index contributed by atoms with van der Waals surface area (Å²) in [6.07, 6.45) is 7.72. The van der Waals surface area contributed by atoms with Crippen LogP contribution in [-0.4, -0.2) is 70.7 Å². The lowest BCUT2D eigenvalue weighted by atomic mass is 9.88. The van der Waals surface area contributed by atoms with Crippen LogP contribution in [0.4, 0.5) is 5.69 Å². The van der Waals surface area contributed by atoms with Gasteiger partial charge in [0.25, 0.3) is 5.56 Å². The number of aromatic nitrogens is 4. The van der Waals surface area contributed by atoms with Gasteiger partial charge in [0.2, 0.25) is 0 Å². The highest BCUT2D eigenvalue weighted by Crippen LogP contribution is 2.40. The van der Waals surface area contributed by atoms with Gasteiger partial charge in [-0.3, -0.25) is 9.48 Å². The maximum absolute atomic E-state index is 13.2. The third-order valence-corrected chi connectivity index (χ3v) is 8.96. The van der Waals surface area contributed by atoms with Gasteiger partial charge in [-0.25, -0.2) is 0 Å². The molecule has 2 saturated heterocycles. The first-order chi connectivity index (χ1) is 20.4. The fourth-order valence-corrected chi connectivity index (χ4v) is 6.16. The van der Waals surface area contributed by atoms with Crippen molar-refractivity contribution < 1.29 is 4.74 Å². The fourth-order valence-electron chi connectivity index (χ4n) is 6.16. The Hall–Kier alpha value is -4.40. The smallest absolute Gasteiger partial charge is 0.272 e. The van der Waals surface area contributed by atoms with Crippen LogP contribution in [0.2, 0.25) is 0 Å². The second-order valence-corrected chi connectivity index (χ2v) is 11.6. The van der Waals surface area contributed by atoms with E-state index < -0.39 is 0 Å². The van der Waals surface area contributed by atoms with Crippen molar-refractivity contribution in [3.8, 4) is 16.8 Å². The lowest BCUT2D eigenvalue weighted by Gasteiger charge is -2.34. The molecule has 5 aromatic rings. The quantitative estimate of drug-likeness (QED) is 0.310. The van der Waals surface area contributed by atoms with Gasteiger partial charge < -0.3 is 24.1 Å². The lowest BCUT2D eigenvalue weighted by Crippen LogP contribution is -2.44. The van der Waals surface area contributed by atoms with E-state index in [9.17, 15) is 4.79 Å². The van der Waals surface area contributed by atoms with Crippen molar-refractivity contribution >= 4 is 22.2 Å². The van der Waals surface area contributed by atoms with Crippen molar-refractivity contribution in [3.63, 3.8) is 0 Å². The number of ether oxygens (including phenoxy) is 1. The summed E-state index contributed by atoms with van der Waals surface area (Å²) in [6, 6.07) is 15.1. The Morgan fingerprint density at radius 2 is 1.81 bits per heavy atom. The number of H-pyrrole nitrogens is 1. The van der Waals surface area contributed by atoms with Crippen LogP contribution in [0.25, 0.3) is 33.3 Å². The molecule has 3 aromatic heterocycles. The Morgan fingerprint density at radius 1 is 1.05 bits per heavy atom. The average Bonchev–Trinajstić information content (AvgIpc) is 3.62. The van der Waals surface area contributed by atoms with Crippen molar-refractivity contribution in [2.24, 2.45) is 0 Å². The number of piperazine rings is 1. The fraction of sp³-hybridized carbons (Fsp3) is 0.294. The number of rotatable bonds is 6. The molecule has 1 N–H and O–H groups in total. The van der Waals surface area contributed by atoms with E-state index in [4.69, 9.17) is 9.84 Å². The van der Waals surface area contributed by atoms with Gasteiger partial charge in [-0.15, -0.1) is 0 Å². The molecule has 5 heterocycles. The molecule has 0 saturated carbocycles. The molecule has 214 valence electrons. The SMILES string of the molecule is C=C(c1ccc(N2CCN(C)CC2)cc1)c1cc(C)c(C)c(-c2cnn(C3COC3)c2)c1-n1ccc2cc[nH]c(=O)c21. The lowest BCUT2D eigenvalue weighted by molar-refractivity contribution is -0.0286. The Morgan fingerprint density at radius 3 is 2.52 bits per heavy atom. The number of benzene rings is 2. The molecule has 0 aliphatic carbocycles. The maximum atomic E-state index is 13.2. The molecule has 2 fully saturated rings. The molecule has 0 bridgehead atoms. The van der Waals surface area contributed by atoms with Gasteiger partial charge in [-0.1, -0.05) is 18.7 Å². The molecule has 7 rings (SSSR count). The van der Waals surface area contributed by atoms with E-state index in [1.165, 1.54) is 5.69 Å². The Balaban J connectivity index is 1.39. The van der Waals surface area contributed by atoms with Crippen molar-refractivity contribution in [3.05, 3.63) is 106 Å². The van der Waals surface area contributed by atoms with Crippen LogP contribution in [0, 0.1) is 13.8 Å². The molecule has 0 unspecified atom stereocenters. The number of aromatic amines is 1. The van der Waals surface area contributed by atoms with Gasteiger partial charge in [0.05, 0.1) is 31.1 Å². The van der Waals surface area contributed by atoms with Crippen LogP contribution in [-0.2, 0) is 4.74 Å². The van der Waals surface area contributed by atoms with Crippen LogP contribution in [0.1, 0.15) is 28.3 Å². The van der Waals surface area contributed by atoms with E-state index in [-0.39, 0.29) is 11.6 Å². The maximum Gasteiger partial charge on any atom is 0.272 e. The van der Waals surface area contributed by atoms with E-state index >= 15 is 0 Å². The minimum absolute atomic E-state index is 0.128. The number of nitrogens with one attached hydrogen (secondary N) is 1. The van der Waals surface area contributed by atoms with Gasteiger partial charge in [0.15, 0.2) is 0 Å². The van der Waals surface area contributed by atoms with Crippen LogP contribution < -0.4 is 10.5 Å². The molecule has 0 radical (unpaired) electrons. The summed E-state index contributed by atoms with van der Waals surface area (Å²) >= 11 is 0. The summed E-state index contributed by atoms with van der Waals surface area (Å²) in [5.41, 5.74) is 9.95. The summed E-state index contributed by atoms with van der Waals surface area (Å²) in [5.74, 6) is 0. The van der Waals surface area contributed by atoms with E-state index in [0.717, 1.165) is 76.2 Å². The average molecular weight is 561 g/mol. The molecule has 42 heavy (non-hydrogen) atoms. The van der Waals surface area contributed by atoms with Crippen molar-refractivity contribution in [2.45, 2.75) is 19.9 Å². The summed E-state index contributed by atoms with van der Waals surface area (Å²) in [6.45, 7) is 14.4. The van der Waals surface area contributed by atoms with Crippen molar-refractivity contribution in [1.82, 2.24) is 24.2 Å². The van der Waals surface area contributed by atoms with Crippen LogP contribution in [0.3, 0.4) is 0 Å². The third kappa shape index (κ3) is 4.47. The molecule has 2 aliphatic rings. The van der Waals surface area contributed by atoms with E-state index in [0.29, 0.717) is 18.7 Å². The first-order valence-corrected chi connectivity index (χ1v) is 14.6. The Bertz CT molecular complexity index is 1850.